The Kier molecular flexibility index (Phi) is 4.02. The van der Waals surface area contributed by atoms with Crippen molar-refractivity contribution in [2.24, 2.45) is 13.0 Å². The number of nitrogens with one attached hydrogen (secondary N) is 1. The lowest BCUT2D eigenvalue weighted by Gasteiger charge is -2.17. The molecule has 1 N–H and O–H groups in total. The average molecular weight is 373 g/mol. The molecule has 0 bridgehead atoms. The van der Waals surface area contributed by atoms with Crippen LogP contribution >= 0.6 is 0 Å². The first-order chi connectivity index (χ1) is 13.6. The Hall–Kier alpha value is -2.99. The minimum Gasteiger partial charge on any atom is -0.295 e. The number of aryl methyl sites for hydroxylation is 2. The number of hydrogen-bond donors (Lipinski definition) is 1. The molecule has 2 aliphatic rings. The maximum atomic E-state index is 13.0. The minimum absolute atomic E-state index is 0.0488. The first-order valence-corrected chi connectivity index (χ1v) is 9.73. The largest absolute Gasteiger partial charge is 0.295 e. The van der Waals surface area contributed by atoms with Crippen LogP contribution in [-0.4, -0.2) is 32.6 Å². The van der Waals surface area contributed by atoms with E-state index in [4.69, 9.17) is 0 Å². The van der Waals surface area contributed by atoms with Gasteiger partial charge >= 0.3 is 0 Å². The molecule has 1 aliphatic carbocycles. The quantitative estimate of drug-likeness (QED) is 0.714. The Morgan fingerprint density at radius 1 is 1.21 bits per heavy atom. The van der Waals surface area contributed by atoms with Gasteiger partial charge in [0.25, 0.3) is 5.56 Å². The first-order valence-electron chi connectivity index (χ1n) is 9.73. The van der Waals surface area contributed by atoms with E-state index >= 15 is 0 Å². The van der Waals surface area contributed by atoms with Crippen LogP contribution in [0.1, 0.15) is 18.4 Å². The molecule has 1 atom stereocenters. The molecule has 1 aliphatic heterocycles. The van der Waals surface area contributed by atoms with E-state index < -0.39 is 0 Å². The second-order valence-corrected chi connectivity index (χ2v) is 7.76. The van der Waals surface area contributed by atoms with E-state index in [-0.39, 0.29) is 5.56 Å². The maximum absolute atomic E-state index is 13.0. The summed E-state index contributed by atoms with van der Waals surface area (Å²) in [7, 11) is 1.77. The minimum atomic E-state index is -0.0488. The summed E-state index contributed by atoms with van der Waals surface area (Å²) in [5.41, 5.74) is 8.13. The highest BCUT2D eigenvalue weighted by atomic mass is 16.1. The summed E-state index contributed by atoms with van der Waals surface area (Å²) in [6, 6.07) is 9.83. The summed E-state index contributed by atoms with van der Waals surface area (Å²) < 4.78 is 1.62. The molecule has 142 valence electrons. The number of aromatic nitrogens is 3. The van der Waals surface area contributed by atoms with Gasteiger partial charge in [0.1, 0.15) is 5.65 Å². The van der Waals surface area contributed by atoms with Crippen molar-refractivity contribution in [1.82, 2.24) is 19.5 Å². The van der Waals surface area contributed by atoms with Gasteiger partial charge in [0.15, 0.2) is 0 Å². The van der Waals surface area contributed by atoms with Crippen LogP contribution in [0.5, 0.6) is 0 Å². The average Bonchev–Trinajstić information content (AvgIpc) is 3.27. The zero-order valence-corrected chi connectivity index (χ0v) is 16.1. The van der Waals surface area contributed by atoms with Gasteiger partial charge in [0.2, 0.25) is 5.95 Å². The van der Waals surface area contributed by atoms with Gasteiger partial charge in [-0.2, -0.15) is 4.98 Å². The molecule has 1 aromatic carbocycles. The van der Waals surface area contributed by atoms with Crippen molar-refractivity contribution < 1.29 is 0 Å². The molecule has 2 aromatic heterocycles. The van der Waals surface area contributed by atoms with Crippen molar-refractivity contribution in [2.75, 3.05) is 18.5 Å². The van der Waals surface area contributed by atoms with Crippen LogP contribution < -0.4 is 11.0 Å². The molecule has 1 fully saturated rings. The van der Waals surface area contributed by atoms with Crippen molar-refractivity contribution in [3.8, 4) is 11.1 Å². The molecular weight excluding hydrogens is 350 g/mol. The normalized spacial score (nSPS) is 19.1. The van der Waals surface area contributed by atoms with E-state index in [2.05, 4.69) is 26.5 Å². The molecule has 6 nitrogen and oxygen atoms in total. The molecule has 1 unspecified atom stereocenters. The van der Waals surface area contributed by atoms with Gasteiger partial charge in [-0.25, -0.2) is 9.99 Å². The number of anilines is 1. The number of allylic oxidation sites excluding steroid dienone is 1. The van der Waals surface area contributed by atoms with Crippen LogP contribution in [0.4, 0.5) is 5.95 Å². The predicted octanol–water partition coefficient (Wildman–Crippen LogP) is 3.28. The summed E-state index contributed by atoms with van der Waals surface area (Å²) in [6.07, 6.45) is 6.58. The van der Waals surface area contributed by atoms with Gasteiger partial charge in [-0.3, -0.25) is 14.8 Å². The number of rotatable bonds is 3. The zero-order chi connectivity index (χ0) is 19.3. The van der Waals surface area contributed by atoms with Crippen molar-refractivity contribution in [3.63, 3.8) is 0 Å². The van der Waals surface area contributed by atoms with Crippen LogP contribution in [0.3, 0.4) is 0 Å². The summed E-state index contributed by atoms with van der Waals surface area (Å²) in [6.45, 7) is 3.92. The van der Waals surface area contributed by atoms with Crippen molar-refractivity contribution in [2.45, 2.75) is 19.8 Å². The van der Waals surface area contributed by atoms with Crippen LogP contribution in [0.15, 0.2) is 53.0 Å². The number of hydrogen-bond acceptors (Lipinski definition) is 5. The van der Waals surface area contributed by atoms with Crippen LogP contribution in [0.25, 0.3) is 22.2 Å². The highest BCUT2D eigenvalue weighted by Gasteiger charge is 2.30. The molecule has 6 heteroatoms. The fraction of sp³-hybridized carbons (Fsp3) is 0.318. The zero-order valence-electron chi connectivity index (χ0n) is 16.1. The Labute approximate surface area is 163 Å². The van der Waals surface area contributed by atoms with E-state index in [9.17, 15) is 4.79 Å². The summed E-state index contributed by atoms with van der Waals surface area (Å²) in [5.74, 6) is 1.20. The van der Waals surface area contributed by atoms with E-state index in [0.717, 1.165) is 29.6 Å². The third kappa shape index (κ3) is 2.81. The lowest BCUT2D eigenvalue weighted by atomic mass is 10.0. The van der Waals surface area contributed by atoms with Gasteiger partial charge < -0.3 is 0 Å². The van der Waals surface area contributed by atoms with E-state index in [1.807, 2.05) is 37.3 Å². The fourth-order valence-corrected chi connectivity index (χ4v) is 4.37. The molecule has 0 spiro atoms. The predicted molar refractivity (Wildman–Crippen MR) is 111 cm³/mol. The van der Waals surface area contributed by atoms with Gasteiger partial charge in [0.05, 0.1) is 0 Å². The second kappa shape index (κ2) is 6.56. The van der Waals surface area contributed by atoms with Crippen LogP contribution in [0.2, 0.25) is 0 Å². The second-order valence-electron chi connectivity index (χ2n) is 7.76. The van der Waals surface area contributed by atoms with Gasteiger partial charge in [-0.15, -0.1) is 0 Å². The SMILES string of the molecule is Cc1ccccc1-c1cc2cnc(NN3CC4=CCCC4C3)nc2n(C)c1=O. The number of hydrazine groups is 1. The molecule has 1 saturated heterocycles. The molecule has 5 rings (SSSR count). The van der Waals surface area contributed by atoms with Gasteiger partial charge in [-0.1, -0.05) is 35.9 Å². The van der Waals surface area contributed by atoms with Crippen molar-refractivity contribution in [1.29, 1.82) is 0 Å². The van der Waals surface area contributed by atoms with Crippen molar-refractivity contribution >= 4 is 17.0 Å². The molecule has 0 radical (unpaired) electrons. The van der Waals surface area contributed by atoms with Crippen LogP contribution in [0, 0.1) is 12.8 Å². The lowest BCUT2D eigenvalue weighted by Crippen LogP contribution is -2.29. The number of fused-ring (bicyclic) bond motifs is 2. The molecule has 0 amide bonds. The Morgan fingerprint density at radius 3 is 2.89 bits per heavy atom. The third-order valence-electron chi connectivity index (χ3n) is 5.90. The highest BCUT2D eigenvalue weighted by Crippen LogP contribution is 2.32. The van der Waals surface area contributed by atoms with Crippen LogP contribution in [-0.2, 0) is 7.05 Å². The Balaban J connectivity index is 1.51. The molecule has 3 heterocycles. The maximum Gasteiger partial charge on any atom is 0.259 e. The van der Waals surface area contributed by atoms with E-state index in [0.29, 0.717) is 23.1 Å². The third-order valence-corrected chi connectivity index (χ3v) is 5.90. The molecular formula is C22H23N5O. The number of benzene rings is 1. The molecule has 28 heavy (non-hydrogen) atoms. The Bertz CT molecular complexity index is 1160. The Morgan fingerprint density at radius 2 is 2.07 bits per heavy atom. The number of nitrogens with zero attached hydrogens (tertiary/aromatic N) is 4. The lowest BCUT2D eigenvalue weighted by molar-refractivity contribution is 0.379. The standard InChI is InChI=1S/C22H23N5O/c1-14-6-3-4-9-18(14)19-10-17-11-23-22(24-20(17)26(2)21(19)28)25-27-12-15-7-5-8-16(15)13-27/h3-4,6-7,9-11,16H,5,8,12-13H2,1-2H3,(H,23,24,25). The number of pyridine rings is 1. The summed E-state index contributed by atoms with van der Waals surface area (Å²) in [4.78, 5) is 22.1. The van der Waals surface area contributed by atoms with Crippen molar-refractivity contribution in [3.05, 3.63) is 64.1 Å². The smallest absolute Gasteiger partial charge is 0.259 e. The highest BCUT2D eigenvalue weighted by molar-refractivity contribution is 5.82. The monoisotopic (exact) mass is 373 g/mol. The first kappa shape index (κ1) is 17.1. The fourth-order valence-electron chi connectivity index (χ4n) is 4.37. The van der Waals surface area contributed by atoms with E-state index in [1.165, 1.54) is 18.4 Å². The summed E-state index contributed by atoms with van der Waals surface area (Å²) in [5, 5.41) is 3.02. The van der Waals surface area contributed by atoms with Gasteiger partial charge in [0, 0.05) is 37.3 Å². The van der Waals surface area contributed by atoms with E-state index in [1.54, 1.807) is 17.8 Å². The summed E-state index contributed by atoms with van der Waals surface area (Å²) >= 11 is 0. The molecule has 3 aromatic rings. The van der Waals surface area contributed by atoms with Gasteiger partial charge in [-0.05, 0) is 42.9 Å². The molecule has 0 saturated carbocycles. The topological polar surface area (TPSA) is 63.1 Å².